The van der Waals surface area contributed by atoms with E-state index in [1.165, 1.54) is 50.1 Å². The van der Waals surface area contributed by atoms with Crippen LogP contribution >= 0.6 is 0 Å². The summed E-state index contributed by atoms with van der Waals surface area (Å²) in [6.07, 6.45) is 4.45. The SMILES string of the molecule is C1=C(c2ccc(N(c3ccccc3)c3ccc(-c4ccccc4)cc3)cc2)CCc2c1c1ccccc1n2-c1ccccc1. The fraction of sp³-hybridized carbons (Fsp3) is 0.0476. The van der Waals surface area contributed by atoms with Crippen molar-refractivity contribution in [3.8, 4) is 16.8 Å². The zero-order valence-electron chi connectivity index (χ0n) is 24.5. The molecule has 0 N–H and O–H groups in total. The van der Waals surface area contributed by atoms with E-state index < -0.39 is 0 Å². The maximum absolute atomic E-state index is 2.45. The summed E-state index contributed by atoms with van der Waals surface area (Å²) in [5.74, 6) is 0. The van der Waals surface area contributed by atoms with Crippen LogP contribution in [0.4, 0.5) is 17.1 Å². The lowest BCUT2D eigenvalue weighted by Gasteiger charge is -2.26. The minimum Gasteiger partial charge on any atom is -0.313 e. The number of hydrogen-bond donors (Lipinski definition) is 0. The number of nitrogens with zero attached hydrogens (tertiary/aromatic N) is 2. The Morgan fingerprint density at radius 1 is 0.432 bits per heavy atom. The Kier molecular flexibility index (Phi) is 6.66. The molecule has 0 spiro atoms. The summed E-state index contributed by atoms with van der Waals surface area (Å²) in [7, 11) is 0. The normalized spacial score (nSPS) is 12.5. The van der Waals surface area contributed by atoms with E-state index in [0.29, 0.717) is 0 Å². The average molecular weight is 565 g/mol. The Hall–Kier alpha value is -5.60. The number of allylic oxidation sites excluding steroid dienone is 1. The molecule has 210 valence electrons. The van der Waals surface area contributed by atoms with Crippen LogP contribution in [0.5, 0.6) is 0 Å². The van der Waals surface area contributed by atoms with Crippen LogP contribution in [-0.4, -0.2) is 4.57 Å². The van der Waals surface area contributed by atoms with Crippen LogP contribution in [0.25, 0.3) is 39.4 Å². The maximum atomic E-state index is 2.45. The van der Waals surface area contributed by atoms with Crippen molar-refractivity contribution in [2.75, 3.05) is 4.90 Å². The molecule has 8 rings (SSSR count). The predicted molar refractivity (Wildman–Crippen MR) is 186 cm³/mol. The van der Waals surface area contributed by atoms with Crippen LogP contribution in [0, 0.1) is 0 Å². The minimum atomic E-state index is 1.01. The molecule has 0 saturated carbocycles. The van der Waals surface area contributed by atoms with Gasteiger partial charge in [-0.05, 0) is 95.8 Å². The van der Waals surface area contributed by atoms with E-state index in [4.69, 9.17) is 0 Å². The number of fused-ring (bicyclic) bond motifs is 3. The average Bonchev–Trinajstić information content (AvgIpc) is 3.44. The molecule has 0 saturated heterocycles. The lowest BCUT2D eigenvalue weighted by molar-refractivity contribution is 0.898. The van der Waals surface area contributed by atoms with Crippen molar-refractivity contribution in [2.24, 2.45) is 0 Å². The zero-order chi connectivity index (χ0) is 29.3. The molecular weight excluding hydrogens is 532 g/mol. The van der Waals surface area contributed by atoms with Crippen molar-refractivity contribution >= 4 is 39.6 Å². The highest BCUT2D eigenvalue weighted by atomic mass is 15.1. The predicted octanol–water partition coefficient (Wildman–Crippen LogP) is 11.3. The molecule has 1 aromatic heterocycles. The number of rotatable bonds is 6. The topological polar surface area (TPSA) is 8.17 Å². The van der Waals surface area contributed by atoms with E-state index in [-0.39, 0.29) is 0 Å². The molecule has 7 aromatic rings. The molecule has 0 radical (unpaired) electrons. The quantitative estimate of drug-likeness (QED) is 0.195. The standard InChI is InChI=1S/C42H32N2/c1-4-12-31(13-5-1)32-20-25-37(26-21-32)43(35-14-6-2-7-15-35)38-27-22-33(23-28-38)34-24-29-42-40(30-34)39-18-10-11-19-41(39)44(42)36-16-8-3-9-17-36/h1-23,25-28,30H,24,29H2. The van der Waals surface area contributed by atoms with E-state index in [1.807, 2.05) is 0 Å². The van der Waals surface area contributed by atoms with Gasteiger partial charge in [0.25, 0.3) is 0 Å². The van der Waals surface area contributed by atoms with Crippen molar-refractivity contribution in [1.82, 2.24) is 4.57 Å². The van der Waals surface area contributed by atoms with Crippen molar-refractivity contribution in [3.05, 3.63) is 181 Å². The fourth-order valence-corrected chi connectivity index (χ4v) is 6.61. The molecular formula is C42H32N2. The van der Waals surface area contributed by atoms with E-state index in [2.05, 4.69) is 179 Å². The summed E-state index contributed by atoms with van der Waals surface area (Å²) in [5.41, 5.74) is 13.8. The fourth-order valence-electron chi connectivity index (χ4n) is 6.61. The smallest absolute Gasteiger partial charge is 0.0537 e. The molecule has 1 heterocycles. The Morgan fingerprint density at radius 3 is 1.64 bits per heavy atom. The third-order valence-electron chi connectivity index (χ3n) is 8.72. The first-order valence-corrected chi connectivity index (χ1v) is 15.3. The molecule has 0 fully saturated rings. The zero-order valence-corrected chi connectivity index (χ0v) is 24.5. The second-order valence-electron chi connectivity index (χ2n) is 11.3. The van der Waals surface area contributed by atoms with E-state index >= 15 is 0 Å². The molecule has 44 heavy (non-hydrogen) atoms. The second kappa shape index (κ2) is 11.2. The van der Waals surface area contributed by atoms with E-state index in [9.17, 15) is 0 Å². The van der Waals surface area contributed by atoms with Gasteiger partial charge in [-0.2, -0.15) is 0 Å². The van der Waals surface area contributed by atoms with Gasteiger partial charge in [0.2, 0.25) is 0 Å². The van der Waals surface area contributed by atoms with Gasteiger partial charge in [-0.1, -0.05) is 109 Å². The molecule has 1 aliphatic rings. The van der Waals surface area contributed by atoms with Crippen LogP contribution in [-0.2, 0) is 6.42 Å². The molecule has 0 unspecified atom stereocenters. The first-order chi connectivity index (χ1) is 21.8. The third-order valence-corrected chi connectivity index (χ3v) is 8.72. The van der Waals surface area contributed by atoms with Gasteiger partial charge >= 0.3 is 0 Å². The van der Waals surface area contributed by atoms with Gasteiger partial charge in [-0.3, -0.25) is 0 Å². The first-order valence-electron chi connectivity index (χ1n) is 15.3. The number of hydrogen-bond acceptors (Lipinski definition) is 1. The highest BCUT2D eigenvalue weighted by Gasteiger charge is 2.22. The van der Waals surface area contributed by atoms with Gasteiger partial charge in [0.1, 0.15) is 0 Å². The van der Waals surface area contributed by atoms with Crippen LogP contribution in [0.2, 0.25) is 0 Å². The number of aromatic nitrogens is 1. The maximum Gasteiger partial charge on any atom is 0.0537 e. The Bertz CT molecular complexity index is 2070. The largest absolute Gasteiger partial charge is 0.313 e. The van der Waals surface area contributed by atoms with Crippen molar-refractivity contribution in [2.45, 2.75) is 12.8 Å². The number of benzene rings is 6. The highest BCUT2D eigenvalue weighted by Crippen LogP contribution is 2.40. The van der Waals surface area contributed by atoms with Gasteiger partial charge in [0.05, 0.1) is 5.52 Å². The second-order valence-corrected chi connectivity index (χ2v) is 11.3. The van der Waals surface area contributed by atoms with E-state index in [0.717, 1.165) is 29.9 Å². The van der Waals surface area contributed by atoms with Crippen LogP contribution < -0.4 is 4.90 Å². The molecule has 2 heteroatoms. The highest BCUT2D eigenvalue weighted by molar-refractivity contribution is 5.99. The molecule has 6 aromatic carbocycles. The summed E-state index contributed by atoms with van der Waals surface area (Å²) in [6.45, 7) is 0. The molecule has 1 aliphatic carbocycles. The lowest BCUT2D eigenvalue weighted by atomic mass is 9.91. The van der Waals surface area contributed by atoms with Gasteiger partial charge in [-0.25, -0.2) is 0 Å². The van der Waals surface area contributed by atoms with E-state index in [1.54, 1.807) is 0 Å². The summed E-state index contributed by atoms with van der Waals surface area (Å²) < 4.78 is 2.45. The molecule has 0 atom stereocenters. The van der Waals surface area contributed by atoms with Gasteiger partial charge in [-0.15, -0.1) is 0 Å². The Balaban J connectivity index is 1.15. The molecule has 0 bridgehead atoms. The Labute approximate surface area is 258 Å². The minimum absolute atomic E-state index is 1.01. The van der Waals surface area contributed by atoms with Crippen LogP contribution in [0.1, 0.15) is 23.2 Å². The summed E-state index contributed by atoms with van der Waals surface area (Å²) in [4.78, 5) is 2.33. The van der Waals surface area contributed by atoms with Gasteiger partial charge in [0.15, 0.2) is 0 Å². The first kappa shape index (κ1) is 26.1. The summed E-state index contributed by atoms with van der Waals surface area (Å²) in [5, 5.41) is 1.31. The summed E-state index contributed by atoms with van der Waals surface area (Å²) >= 11 is 0. The van der Waals surface area contributed by atoms with Crippen molar-refractivity contribution < 1.29 is 0 Å². The van der Waals surface area contributed by atoms with Crippen LogP contribution in [0.15, 0.2) is 164 Å². The Morgan fingerprint density at radius 2 is 0.955 bits per heavy atom. The summed E-state index contributed by atoms with van der Waals surface area (Å²) in [6, 6.07) is 58.7. The van der Waals surface area contributed by atoms with Crippen molar-refractivity contribution in [1.29, 1.82) is 0 Å². The molecule has 2 nitrogen and oxygen atoms in total. The number of anilines is 3. The van der Waals surface area contributed by atoms with Crippen LogP contribution in [0.3, 0.4) is 0 Å². The third kappa shape index (κ3) is 4.71. The van der Waals surface area contributed by atoms with Crippen molar-refractivity contribution in [3.63, 3.8) is 0 Å². The van der Waals surface area contributed by atoms with Gasteiger partial charge in [0, 0.05) is 39.4 Å². The molecule has 0 aliphatic heterocycles. The monoisotopic (exact) mass is 564 g/mol. The van der Waals surface area contributed by atoms with Gasteiger partial charge < -0.3 is 9.47 Å². The lowest BCUT2D eigenvalue weighted by Crippen LogP contribution is -2.10. The number of para-hydroxylation sites is 3. The molecule has 0 amide bonds.